The van der Waals surface area contributed by atoms with E-state index < -0.39 is 4.92 Å². The molecule has 0 saturated carbocycles. The molecular formula is C22H24N6O3S. The molecule has 1 N–H and O–H groups in total. The highest BCUT2D eigenvalue weighted by Crippen LogP contribution is 2.29. The van der Waals surface area contributed by atoms with E-state index in [9.17, 15) is 14.9 Å². The number of carbonyl (C=O) groups excluding carboxylic acids is 1. The van der Waals surface area contributed by atoms with E-state index >= 15 is 0 Å². The first kappa shape index (κ1) is 21.8. The van der Waals surface area contributed by atoms with Crippen molar-refractivity contribution in [3.8, 4) is 5.69 Å². The molecule has 1 aliphatic heterocycles. The van der Waals surface area contributed by atoms with E-state index in [1.807, 2.05) is 35.8 Å². The summed E-state index contributed by atoms with van der Waals surface area (Å²) in [6.45, 7) is 5.52. The summed E-state index contributed by atoms with van der Waals surface area (Å²) in [5.74, 6) is 0.620. The quantitative estimate of drug-likeness (QED) is 0.326. The Morgan fingerprint density at radius 3 is 2.53 bits per heavy atom. The van der Waals surface area contributed by atoms with Gasteiger partial charge in [0.05, 0.1) is 27.6 Å². The number of aryl methyl sites for hydroxylation is 1. The van der Waals surface area contributed by atoms with Gasteiger partial charge in [0.2, 0.25) is 11.9 Å². The Balaban J connectivity index is 1.53. The standard InChI is InChI=1S/C22H24N6O3S/c1-15-8-10-17(11-9-15)27-21(26-12-3-4-13-26)24-25-22(27)32-14-20(29)23-18-6-5-7-19(16(18)2)28(30)31/h5-11H,3-4,12-14H2,1-2H3,(H,23,29). The van der Waals surface area contributed by atoms with Gasteiger partial charge in [-0.2, -0.15) is 0 Å². The zero-order valence-corrected chi connectivity index (χ0v) is 18.8. The number of aromatic nitrogens is 3. The van der Waals surface area contributed by atoms with Crippen molar-refractivity contribution >= 4 is 35.0 Å². The van der Waals surface area contributed by atoms with Gasteiger partial charge < -0.3 is 10.2 Å². The summed E-state index contributed by atoms with van der Waals surface area (Å²) in [5.41, 5.74) is 2.94. The molecule has 2 aromatic carbocycles. The van der Waals surface area contributed by atoms with Gasteiger partial charge in [0, 0.05) is 19.2 Å². The molecule has 1 amide bonds. The van der Waals surface area contributed by atoms with Gasteiger partial charge >= 0.3 is 0 Å². The van der Waals surface area contributed by atoms with Gasteiger partial charge in [-0.15, -0.1) is 10.2 Å². The lowest BCUT2D eigenvalue weighted by Gasteiger charge is -2.18. The van der Waals surface area contributed by atoms with E-state index in [4.69, 9.17) is 0 Å². The molecule has 1 aliphatic rings. The van der Waals surface area contributed by atoms with Gasteiger partial charge in [-0.05, 0) is 44.9 Å². The molecule has 0 radical (unpaired) electrons. The summed E-state index contributed by atoms with van der Waals surface area (Å²) in [5, 5.41) is 23.3. The molecule has 9 nitrogen and oxygen atoms in total. The number of thioether (sulfide) groups is 1. The van der Waals surface area contributed by atoms with Crippen molar-refractivity contribution in [3.05, 3.63) is 63.7 Å². The zero-order valence-electron chi connectivity index (χ0n) is 17.9. The normalized spacial score (nSPS) is 13.4. The summed E-state index contributed by atoms with van der Waals surface area (Å²) in [6.07, 6.45) is 2.24. The van der Waals surface area contributed by atoms with Gasteiger partial charge in [0.25, 0.3) is 5.69 Å². The lowest BCUT2D eigenvalue weighted by Crippen LogP contribution is -2.22. The van der Waals surface area contributed by atoms with Crippen molar-refractivity contribution in [2.24, 2.45) is 0 Å². The number of rotatable bonds is 7. The van der Waals surface area contributed by atoms with E-state index in [1.165, 1.54) is 17.8 Å². The van der Waals surface area contributed by atoms with E-state index in [1.54, 1.807) is 19.1 Å². The van der Waals surface area contributed by atoms with Crippen LogP contribution in [-0.2, 0) is 4.79 Å². The van der Waals surface area contributed by atoms with Gasteiger partial charge in [-0.3, -0.25) is 19.5 Å². The molecule has 1 fully saturated rings. The van der Waals surface area contributed by atoms with E-state index in [0.29, 0.717) is 16.4 Å². The minimum atomic E-state index is -0.455. The maximum absolute atomic E-state index is 12.6. The molecular weight excluding hydrogens is 428 g/mol. The molecule has 1 saturated heterocycles. The molecule has 1 aromatic heterocycles. The highest BCUT2D eigenvalue weighted by molar-refractivity contribution is 7.99. The predicted octanol–water partition coefficient (Wildman–Crippen LogP) is 4.12. The maximum atomic E-state index is 12.6. The Morgan fingerprint density at radius 1 is 1.12 bits per heavy atom. The largest absolute Gasteiger partial charge is 0.341 e. The first-order valence-corrected chi connectivity index (χ1v) is 11.4. The minimum absolute atomic E-state index is 0.0233. The van der Waals surface area contributed by atoms with Gasteiger partial charge in [0.15, 0.2) is 5.16 Å². The Bertz CT molecular complexity index is 1140. The third-order valence-corrected chi connectivity index (χ3v) is 6.33. The van der Waals surface area contributed by atoms with Crippen LogP contribution in [0.15, 0.2) is 47.6 Å². The number of nitrogens with zero attached hydrogens (tertiary/aromatic N) is 5. The number of amides is 1. The van der Waals surface area contributed by atoms with Gasteiger partial charge in [0.1, 0.15) is 0 Å². The Kier molecular flexibility index (Phi) is 6.40. The van der Waals surface area contributed by atoms with Crippen LogP contribution in [-0.4, -0.2) is 44.4 Å². The summed E-state index contributed by atoms with van der Waals surface area (Å²) in [4.78, 5) is 25.5. The fourth-order valence-electron chi connectivity index (χ4n) is 3.67. The second-order valence-electron chi connectivity index (χ2n) is 7.69. The van der Waals surface area contributed by atoms with Gasteiger partial charge in [-0.1, -0.05) is 35.5 Å². The van der Waals surface area contributed by atoms with Crippen LogP contribution in [0.5, 0.6) is 0 Å². The number of nitro benzene ring substituents is 1. The number of nitro groups is 1. The van der Waals surface area contributed by atoms with Crippen molar-refractivity contribution in [2.45, 2.75) is 31.8 Å². The molecule has 0 bridgehead atoms. The van der Waals surface area contributed by atoms with Crippen LogP contribution in [0, 0.1) is 24.0 Å². The van der Waals surface area contributed by atoms with Crippen LogP contribution in [0.2, 0.25) is 0 Å². The number of hydrogen-bond donors (Lipinski definition) is 1. The average Bonchev–Trinajstić information content (AvgIpc) is 3.44. The first-order chi connectivity index (χ1) is 15.4. The third-order valence-electron chi connectivity index (χ3n) is 5.41. The van der Waals surface area contributed by atoms with Crippen molar-refractivity contribution in [1.29, 1.82) is 0 Å². The molecule has 0 unspecified atom stereocenters. The number of nitrogens with one attached hydrogen (secondary N) is 1. The number of anilines is 2. The minimum Gasteiger partial charge on any atom is -0.341 e. The molecule has 166 valence electrons. The molecule has 32 heavy (non-hydrogen) atoms. The van der Waals surface area contributed by atoms with Gasteiger partial charge in [-0.25, -0.2) is 0 Å². The smallest absolute Gasteiger partial charge is 0.274 e. The SMILES string of the molecule is Cc1ccc(-n2c(SCC(=O)Nc3cccc([N+](=O)[O-])c3C)nnc2N2CCCC2)cc1. The fraction of sp³-hybridized carbons (Fsp3) is 0.318. The van der Waals surface area contributed by atoms with Crippen molar-refractivity contribution in [3.63, 3.8) is 0 Å². The number of carbonyl (C=O) groups is 1. The highest BCUT2D eigenvalue weighted by atomic mass is 32.2. The molecule has 0 aliphatic carbocycles. The second-order valence-corrected chi connectivity index (χ2v) is 8.63. The van der Waals surface area contributed by atoms with Crippen LogP contribution in [0.25, 0.3) is 5.69 Å². The van der Waals surface area contributed by atoms with Crippen molar-refractivity contribution < 1.29 is 9.72 Å². The summed E-state index contributed by atoms with van der Waals surface area (Å²) < 4.78 is 1.99. The van der Waals surface area contributed by atoms with Crippen LogP contribution in [0.4, 0.5) is 17.3 Å². The zero-order chi connectivity index (χ0) is 22.7. The summed E-state index contributed by atoms with van der Waals surface area (Å²) in [7, 11) is 0. The fourth-order valence-corrected chi connectivity index (χ4v) is 4.42. The predicted molar refractivity (Wildman–Crippen MR) is 125 cm³/mol. The average molecular weight is 453 g/mol. The Labute approximate surface area is 190 Å². The lowest BCUT2D eigenvalue weighted by atomic mass is 10.1. The summed E-state index contributed by atoms with van der Waals surface area (Å²) in [6, 6.07) is 12.8. The molecule has 2 heterocycles. The molecule has 3 aromatic rings. The molecule has 0 atom stereocenters. The highest BCUT2D eigenvalue weighted by Gasteiger charge is 2.23. The second kappa shape index (κ2) is 9.39. The molecule has 4 rings (SSSR count). The van der Waals surface area contributed by atoms with Crippen LogP contribution >= 0.6 is 11.8 Å². The van der Waals surface area contributed by atoms with Crippen LogP contribution < -0.4 is 10.2 Å². The van der Waals surface area contributed by atoms with Crippen LogP contribution in [0.1, 0.15) is 24.0 Å². The van der Waals surface area contributed by atoms with E-state index in [2.05, 4.69) is 20.4 Å². The summed E-state index contributed by atoms with van der Waals surface area (Å²) >= 11 is 1.29. The lowest BCUT2D eigenvalue weighted by molar-refractivity contribution is -0.385. The monoisotopic (exact) mass is 452 g/mol. The van der Waals surface area contributed by atoms with Crippen molar-refractivity contribution in [1.82, 2.24) is 14.8 Å². The van der Waals surface area contributed by atoms with E-state index in [-0.39, 0.29) is 17.3 Å². The Morgan fingerprint density at radius 2 is 1.84 bits per heavy atom. The maximum Gasteiger partial charge on any atom is 0.274 e. The number of benzene rings is 2. The van der Waals surface area contributed by atoms with Crippen LogP contribution in [0.3, 0.4) is 0 Å². The number of hydrogen-bond acceptors (Lipinski definition) is 7. The topological polar surface area (TPSA) is 106 Å². The molecule has 0 spiro atoms. The van der Waals surface area contributed by atoms with Crippen molar-refractivity contribution in [2.75, 3.05) is 29.1 Å². The third kappa shape index (κ3) is 4.59. The molecule has 10 heteroatoms. The Hall–Kier alpha value is -3.40. The first-order valence-electron chi connectivity index (χ1n) is 10.4. The van der Waals surface area contributed by atoms with E-state index in [0.717, 1.165) is 43.1 Å².